The summed E-state index contributed by atoms with van der Waals surface area (Å²) in [5.74, 6) is 0.166. The van der Waals surface area contributed by atoms with E-state index in [0.717, 1.165) is 18.5 Å². The van der Waals surface area contributed by atoms with Crippen LogP contribution in [-0.4, -0.2) is 41.7 Å². The Morgan fingerprint density at radius 2 is 2.15 bits per heavy atom. The molecular weight excluding hydrogens is 252 g/mol. The van der Waals surface area contributed by atoms with Crippen molar-refractivity contribution < 1.29 is 9.90 Å². The Morgan fingerprint density at radius 3 is 2.70 bits per heavy atom. The van der Waals surface area contributed by atoms with Crippen LogP contribution in [0.25, 0.3) is 0 Å². The molecule has 3 unspecified atom stereocenters. The van der Waals surface area contributed by atoms with Crippen molar-refractivity contribution in [1.29, 1.82) is 0 Å². The summed E-state index contributed by atoms with van der Waals surface area (Å²) >= 11 is 0. The Hall–Kier alpha value is -1.39. The summed E-state index contributed by atoms with van der Waals surface area (Å²) in [5.41, 5.74) is 6.93. The van der Waals surface area contributed by atoms with Gasteiger partial charge in [-0.25, -0.2) is 0 Å². The first-order valence-electron chi connectivity index (χ1n) is 7.32. The van der Waals surface area contributed by atoms with E-state index in [0.29, 0.717) is 19.5 Å². The van der Waals surface area contributed by atoms with Crippen LogP contribution in [-0.2, 0) is 11.2 Å². The zero-order chi connectivity index (χ0) is 14.5. The number of nitrogens with two attached hydrogens (primary N) is 1. The van der Waals surface area contributed by atoms with E-state index in [2.05, 4.69) is 0 Å². The highest BCUT2D eigenvalue weighted by atomic mass is 16.3. The van der Waals surface area contributed by atoms with Gasteiger partial charge in [0, 0.05) is 25.6 Å². The van der Waals surface area contributed by atoms with Gasteiger partial charge in [-0.2, -0.15) is 0 Å². The Balaban J connectivity index is 1.96. The number of likely N-dealkylation sites (tertiary alicyclic amines) is 1. The van der Waals surface area contributed by atoms with Crippen molar-refractivity contribution in [2.75, 3.05) is 19.6 Å². The average Bonchev–Trinajstić information content (AvgIpc) is 2.95. The molecule has 1 saturated heterocycles. The molecule has 1 aromatic carbocycles. The van der Waals surface area contributed by atoms with Gasteiger partial charge in [-0.1, -0.05) is 30.3 Å². The number of nitrogens with zero attached hydrogens (tertiary/aromatic N) is 1. The molecule has 0 saturated carbocycles. The second kappa shape index (κ2) is 6.86. The molecule has 110 valence electrons. The lowest BCUT2D eigenvalue weighted by Gasteiger charge is -2.23. The maximum Gasteiger partial charge on any atom is 0.227 e. The highest BCUT2D eigenvalue weighted by molar-refractivity contribution is 5.79. The molecule has 0 aromatic heterocycles. The smallest absolute Gasteiger partial charge is 0.227 e. The molecule has 0 bridgehead atoms. The zero-order valence-electron chi connectivity index (χ0n) is 12.0. The zero-order valence-corrected chi connectivity index (χ0v) is 12.0. The molecule has 4 heteroatoms. The second-order valence-electron chi connectivity index (χ2n) is 5.70. The topological polar surface area (TPSA) is 66.6 Å². The van der Waals surface area contributed by atoms with Crippen LogP contribution in [0.2, 0.25) is 0 Å². The van der Waals surface area contributed by atoms with Crippen molar-refractivity contribution in [2.45, 2.75) is 25.9 Å². The Morgan fingerprint density at radius 1 is 1.45 bits per heavy atom. The van der Waals surface area contributed by atoms with Crippen LogP contribution in [0.4, 0.5) is 0 Å². The number of rotatable bonds is 5. The van der Waals surface area contributed by atoms with Crippen molar-refractivity contribution in [3.05, 3.63) is 35.9 Å². The summed E-state index contributed by atoms with van der Waals surface area (Å²) in [4.78, 5) is 14.4. The fraction of sp³-hybridized carbons (Fsp3) is 0.562. The number of benzene rings is 1. The van der Waals surface area contributed by atoms with Crippen LogP contribution in [0, 0.1) is 11.8 Å². The van der Waals surface area contributed by atoms with Gasteiger partial charge in [0.05, 0.1) is 12.0 Å². The number of hydrogen-bond donors (Lipinski definition) is 2. The van der Waals surface area contributed by atoms with Gasteiger partial charge >= 0.3 is 0 Å². The summed E-state index contributed by atoms with van der Waals surface area (Å²) in [6.07, 6.45) is 1.22. The summed E-state index contributed by atoms with van der Waals surface area (Å²) in [6.45, 7) is 3.55. The molecule has 0 aliphatic carbocycles. The van der Waals surface area contributed by atoms with E-state index < -0.39 is 0 Å². The van der Waals surface area contributed by atoms with Gasteiger partial charge in [0.15, 0.2) is 0 Å². The summed E-state index contributed by atoms with van der Waals surface area (Å²) in [7, 11) is 0. The monoisotopic (exact) mass is 276 g/mol. The lowest BCUT2D eigenvalue weighted by Crippen LogP contribution is -2.39. The highest BCUT2D eigenvalue weighted by Gasteiger charge is 2.32. The first kappa shape index (κ1) is 15.0. The van der Waals surface area contributed by atoms with E-state index in [1.54, 1.807) is 6.92 Å². The van der Waals surface area contributed by atoms with Crippen LogP contribution >= 0.6 is 0 Å². The minimum absolute atomic E-state index is 0.125. The second-order valence-corrected chi connectivity index (χ2v) is 5.70. The highest BCUT2D eigenvalue weighted by Crippen LogP contribution is 2.22. The molecule has 1 heterocycles. The summed E-state index contributed by atoms with van der Waals surface area (Å²) < 4.78 is 0. The van der Waals surface area contributed by atoms with Gasteiger partial charge in [0.1, 0.15) is 0 Å². The Labute approximate surface area is 120 Å². The minimum atomic E-state index is -0.349. The largest absolute Gasteiger partial charge is 0.393 e. The number of carbonyl (C=O) groups excluding carboxylic acids is 1. The van der Waals surface area contributed by atoms with Crippen LogP contribution < -0.4 is 5.73 Å². The molecule has 1 aromatic rings. The number of amides is 1. The lowest BCUT2D eigenvalue weighted by molar-refractivity contribution is -0.134. The van der Waals surface area contributed by atoms with Gasteiger partial charge in [0.25, 0.3) is 0 Å². The normalized spacial score (nSPS) is 21.8. The minimum Gasteiger partial charge on any atom is -0.393 e. The number of aliphatic hydroxyl groups is 1. The predicted molar refractivity (Wildman–Crippen MR) is 79.1 cm³/mol. The van der Waals surface area contributed by atoms with Crippen molar-refractivity contribution in [3.8, 4) is 0 Å². The fourth-order valence-corrected chi connectivity index (χ4v) is 2.81. The number of aliphatic hydroxyl groups excluding tert-OH is 1. The van der Waals surface area contributed by atoms with Crippen molar-refractivity contribution >= 4 is 5.91 Å². The van der Waals surface area contributed by atoms with Crippen LogP contribution in [0.1, 0.15) is 18.9 Å². The fourth-order valence-electron chi connectivity index (χ4n) is 2.81. The third-order valence-corrected chi connectivity index (χ3v) is 4.18. The van der Waals surface area contributed by atoms with Gasteiger partial charge in [-0.05, 0) is 25.3 Å². The van der Waals surface area contributed by atoms with E-state index in [4.69, 9.17) is 5.73 Å². The SMILES string of the molecule is CC(O)C1CCN(C(=O)C(CN)Cc2ccccc2)C1. The van der Waals surface area contributed by atoms with E-state index >= 15 is 0 Å². The van der Waals surface area contributed by atoms with E-state index in [1.807, 2.05) is 35.2 Å². The van der Waals surface area contributed by atoms with Gasteiger partial charge < -0.3 is 15.7 Å². The Bertz CT molecular complexity index is 433. The molecule has 2 rings (SSSR count). The molecule has 20 heavy (non-hydrogen) atoms. The van der Waals surface area contributed by atoms with Crippen molar-refractivity contribution in [2.24, 2.45) is 17.6 Å². The molecule has 3 atom stereocenters. The predicted octanol–water partition coefficient (Wildman–Crippen LogP) is 1.03. The van der Waals surface area contributed by atoms with E-state index in [1.165, 1.54) is 0 Å². The molecule has 1 aliphatic rings. The van der Waals surface area contributed by atoms with Crippen molar-refractivity contribution in [1.82, 2.24) is 4.90 Å². The first-order chi connectivity index (χ1) is 9.61. The molecular formula is C16H24N2O2. The van der Waals surface area contributed by atoms with Crippen LogP contribution in [0.5, 0.6) is 0 Å². The maximum absolute atomic E-state index is 12.5. The third kappa shape index (κ3) is 3.58. The molecule has 1 fully saturated rings. The summed E-state index contributed by atoms with van der Waals surface area (Å²) in [5, 5.41) is 9.62. The van der Waals surface area contributed by atoms with Gasteiger partial charge in [0.2, 0.25) is 5.91 Å². The molecule has 1 amide bonds. The molecule has 1 aliphatic heterocycles. The molecule has 0 spiro atoms. The van der Waals surface area contributed by atoms with Crippen LogP contribution in [0.15, 0.2) is 30.3 Å². The van der Waals surface area contributed by atoms with E-state index in [-0.39, 0.29) is 23.8 Å². The van der Waals surface area contributed by atoms with Gasteiger partial charge in [-0.15, -0.1) is 0 Å². The van der Waals surface area contributed by atoms with Crippen LogP contribution in [0.3, 0.4) is 0 Å². The molecule has 0 radical (unpaired) electrons. The average molecular weight is 276 g/mol. The number of hydrogen-bond acceptors (Lipinski definition) is 3. The lowest BCUT2D eigenvalue weighted by atomic mass is 9.98. The molecule has 3 N–H and O–H groups in total. The third-order valence-electron chi connectivity index (χ3n) is 4.18. The first-order valence-corrected chi connectivity index (χ1v) is 7.32. The summed E-state index contributed by atoms with van der Waals surface area (Å²) in [6, 6.07) is 9.98. The Kier molecular flexibility index (Phi) is 5.15. The number of carbonyl (C=O) groups is 1. The van der Waals surface area contributed by atoms with E-state index in [9.17, 15) is 9.90 Å². The maximum atomic E-state index is 12.5. The van der Waals surface area contributed by atoms with Crippen molar-refractivity contribution in [3.63, 3.8) is 0 Å². The van der Waals surface area contributed by atoms with Gasteiger partial charge in [-0.3, -0.25) is 4.79 Å². The standard InChI is InChI=1S/C16H24N2O2/c1-12(19)14-7-8-18(11-14)16(20)15(10-17)9-13-5-3-2-4-6-13/h2-6,12,14-15,19H,7-11,17H2,1H3. The quantitative estimate of drug-likeness (QED) is 0.844. The molecule has 4 nitrogen and oxygen atoms in total.